The lowest BCUT2D eigenvalue weighted by Crippen LogP contribution is -2.12. The number of nitrogens with one attached hydrogen (secondary N) is 1. The van der Waals surface area contributed by atoms with Crippen molar-refractivity contribution in [3.05, 3.63) is 59.9 Å². The van der Waals surface area contributed by atoms with Gasteiger partial charge in [0.2, 0.25) is 0 Å². The van der Waals surface area contributed by atoms with Gasteiger partial charge >= 0.3 is 0 Å². The van der Waals surface area contributed by atoms with Crippen LogP contribution in [0.3, 0.4) is 0 Å². The van der Waals surface area contributed by atoms with Crippen LogP contribution in [-0.4, -0.2) is 12.5 Å². The number of rotatable bonds is 5. The molecular weight excluding hydrogens is 269 g/mol. The molecule has 4 heteroatoms. The van der Waals surface area contributed by atoms with Crippen LogP contribution in [-0.2, 0) is 0 Å². The van der Waals surface area contributed by atoms with Crippen LogP contribution in [0.1, 0.15) is 24.2 Å². The third-order valence-electron chi connectivity index (χ3n) is 2.78. The fourth-order valence-electron chi connectivity index (χ4n) is 1.73. The summed E-state index contributed by atoms with van der Waals surface area (Å²) in [6, 6.07) is 12.7. The van der Waals surface area contributed by atoms with Gasteiger partial charge in [0.25, 0.3) is 5.91 Å². The molecule has 21 heavy (non-hydrogen) atoms. The first kappa shape index (κ1) is 15.0. The van der Waals surface area contributed by atoms with Crippen molar-refractivity contribution >= 4 is 11.6 Å². The molecule has 0 fully saturated rings. The molecule has 2 aromatic carbocycles. The van der Waals surface area contributed by atoms with E-state index in [1.54, 1.807) is 36.4 Å². The van der Waals surface area contributed by atoms with Gasteiger partial charge in [-0.25, -0.2) is 4.39 Å². The highest BCUT2D eigenvalue weighted by Gasteiger charge is 2.07. The lowest BCUT2D eigenvalue weighted by molar-refractivity contribution is 0.102. The van der Waals surface area contributed by atoms with Crippen LogP contribution in [0, 0.1) is 11.7 Å². The summed E-state index contributed by atoms with van der Waals surface area (Å²) in [6.07, 6.45) is 0. The Labute approximate surface area is 123 Å². The number of anilines is 1. The number of hydrogen-bond acceptors (Lipinski definition) is 2. The summed E-state index contributed by atoms with van der Waals surface area (Å²) in [7, 11) is 0. The van der Waals surface area contributed by atoms with E-state index in [-0.39, 0.29) is 11.7 Å². The molecule has 0 aliphatic heterocycles. The van der Waals surface area contributed by atoms with E-state index in [9.17, 15) is 9.18 Å². The molecule has 0 heterocycles. The van der Waals surface area contributed by atoms with Crippen molar-refractivity contribution in [3.8, 4) is 5.75 Å². The second-order valence-electron chi connectivity index (χ2n) is 5.19. The van der Waals surface area contributed by atoms with Crippen molar-refractivity contribution in [1.29, 1.82) is 0 Å². The second-order valence-corrected chi connectivity index (χ2v) is 5.19. The van der Waals surface area contributed by atoms with Gasteiger partial charge in [-0.2, -0.15) is 0 Å². The minimum Gasteiger partial charge on any atom is -0.493 e. The van der Waals surface area contributed by atoms with E-state index in [2.05, 4.69) is 19.2 Å². The van der Waals surface area contributed by atoms with Gasteiger partial charge in [-0.15, -0.1) is 0 Å². The Hall–Kier alpha value is -2.36. The molecule has 3 nitrogen and oxygen atoms in total. The van der Waals surface area contributed by atoms with E-state index < -0.39 is 0 Å². The number of amides is 1. The largest absolute Gasteiger partial charge is 0.493 e. The first-order valence-electron chi connectivity index (χ1n) is 6.84. The van der Waals surface area contributed by atoms with Crippen LogP contribution < -0.4 is 10.1 Å². The zero-order valence-electron chi connectivity index (χ0n) is 12.1. The average Bonchev–Trinajstić information content (AvgIpc) is 2.45. The standard InChI is InChI=1S/C17H18FNO2/c1-12(2)11-21-16-8-6-13(7-9-16)17(20)19-15-5-3-4-14(18)10-15/h3-10,12H,11H2,1-2H3,(H,19,20). The van der Waals surface area contributed by atoms with Gasteiger partial charge in [-0.3, -0.25) is 4.79 Å². The van der Waals surface area contributed by atoms with E-state index in [0.29, 0.717) is 23.8 Å². The predicted molar refractivity (Wildman–Crippen MR) is 81.1 cm³/mol. The molecule has 1 amide bonds. The highest BCUT2D eigenvalue weighted by atomic mass is 19.1. The van der Waals surface area contributed by atoms with Crippen molar-refractivity contribution in [2.45, 2.75) is 13.8 Å². The highest BCUT2D eigenvalue weighted by Crippen LogP contribution is 2.15. The maximum Gasteiger partial charge on any atom is 0.255 e. The third kappa shape index (κ3) is 4.60. The lowest BCUT2D eigenvalue weighted by atomic mass is 10.2. The van der Waals surface area contributed by atoms with Gasteiger partial charge < -0.3 is 10.1 Å². The van der Waals surface area contributed by atoms with Crippen molar-refractivity contribution in [2.24, 2.45) is 5.92 Å². The molecule has 0 spiro atoms. The first-order chi connectivity index (χ1) is 10.0. The molecule has 2 rings (SSSR count). The first-order valence-corrected chi connectivity index (χ1v) is 6.84. The Morgan fingerprint density at radius 1 is 1.19 bits per heavy atom. The number of hydrogen-bond donors (Lipinski definition) is 1. The number of carbonyl (C=O) groups excluding carboxylic acids is 1. The topological polar surface area (TPSA) is 38.3 Å². The van der Waals surface area contributed by atoms with Crippen LogP contribution in [0.4, 0.5) is 10.1 Å². The molecule has 0 radical (unpaired) electrons. The number of halogens is 1. The Bertz CT molecular complexity index is 608. The number of carbonyl (C=O) groups is 1. The summed E-state index contributed by atoms with van der Waals surface area (Å²) in [5, 5.41) is 2.65. The van der Waals surface area contributed by atoms with E-state index >= 15 is 0 Å². The summed E-state index contributed by atoms with van der Waals surface area (Å²) in [4.78, 5) is 12.0. The molecular formula is C17H18FNO2. The minimum atomic E-state index is -0.384. The normalized spacial score (nSPS) is 10.5. The molecule has 2 aromatic rings. The molecule has 0 saturated carbocycles. The molecule has 0 unspecified atom stereocenters. The SMILES string of the molecule is CC(C)COc1ccc(C(=O)Nc2cccc(F)c2)cc1. The van der Waals surface area contributed by atoms with E-state index in [0.717, 1.165) is 5.75 Å². The van der Waals surface area contributed by atoms with Crippen LogP contribution in [0.25, 0.3) is 0 Å². The maximum absolute atomic E-state index is 13.1. The predicted octanol–water partition coefficient (Wildman–Crippen LogP) is 4.11. The summed E-state index contributed by atoms with van der Waals surface area (Å²) < 4.78 is 18.6. The molecule has 0 atom stereocenters. The monoisotopic (exact) mass is 287 g/mol. The molecule has 0 saturated heterocycles. The van der Waals surface area contributed by atoms with E-state index in [1.807, 2.05) is 0 Å². The fraction of sp³-hybridized carbons (Fsp3) is 0.235. The lowest BCUT2D eigenvalue weighted by Gasteiger charge is -2.09. The number of benzene rings is 2. The van der Waals surface area contributed by atoms with Crippen molar-refractivity contribution in [2.75, 3.05) is 11.9 Å². The molecule has 110 valence electrons. The van der Waals surface area contributed by atoms with Gasteiger partial charge in [0, 0.05) is 11.3 Å². The summed E-state index contributed by atoms with van der Waals surface area (Å²) in [5.74, 6) is 0.508. The van der Waals surface area contributed by atoms with E-state index in [4.69, 9.17) is 4.74 Å². The summed E-state index contributed by atoms with van der Waals surface area (Å²) in [5.41, 5.74) is 0.927. The van der Waals surface area contributed by atoms with Gasteiger partial charge in [-0.1, -0.05) is 19.9 Å². The van der Waals surface area contributed by atoms with E-state index in [1.165, 1.54) is 12.1 Å². The van der Waals surface area contributed by atoms with Crippen LogP contribution in [0.15, 0.2) is 48.5 Å². The summed E-state index contributed by atoms with van der Waals surface area (Å²) >= 11 is 0. The Morgan fingerprint density at radius 2 is 1.90 bits per heavy atom. The smallest absolute Gasteiger partial charge is 0.255 e. The second kappa shape index (κ2) is 6.88. The maximum atomic E-state index is 13.1. The molecule has 0 aliphatic rings. The molecule has 1 N–H and O–H groups in total. The number of ether oxygens (including phenoxy) is 1. The van der Waals surface area contributed by atoms with Crippen molar-refractivity contribution < 1.29 is 13.9 Å². The molecule has 0 aromatic heterocycles. The third-order valence-corrected chi connectivity index (χ3v) is 2.78. The van der Waals surface area contributed by atoms with Gasteiger partial charge in [0.15, 0.2) is 0 Å². The van der Waals surface area contributed by atoms with Gasteiger partial charge in [-0.05, 0) is 48.4 Å². The zero-order valence-corrected chi connectivity index (χ0v) is 12.1. The Balaban J connectivity index is 1.99. The minimum absolute atomic E-state index is 0.281. The summed E-state index contributed by atoms with van der Waals surface area (Å²) in [6.45, 7) is 4.77. The fourth-order valence-corrected chi connectivity index (χ4v) is 1.73. The van der Waals surface area contributed by atoms with Crippen LogP contribution in [0.2, 0.25) is 0 Å². The van der Waals surface area contributed by atoms with Gasteiger partial charge in [0.05, 0.1) is 6.61 Å². The van der Waals surface area contributed by atoms with Crippen molar-refractivity contribution in [1.82, 2.24) is 0 Å². The van der Waals surface area contributed by atoms with Crippen molar-refractivity contribution in [3.63, 3.8) is 0 Å². The molecule has 0 aliphatic carbocycles. The quantitative estimate of drug-likeness (QED) is 0.898. The highest BCUT2D eigenvalue weighted by molar-refractivity contribution is 6.04. The van der Waals surface area contributed by atoms with Crippen LogP contribution >= 0.6 is 0 Å². The zero-order chi connectivity index (χ0) is 15.2. The average molecular weight is 287 g/mol. The Kier molecular flexibility index (Phi) is 4.93. The van der Waals surface area contributed by atoms with Gasteiger partial charge in [0.1, 0.15) is 11.6 Å². The van der Waals surface area contributed by atoms with Crippen LogP contribution in [0.5, 0.6) is 5.75 Å². The molecule has 0 bridgehead atoms. The Morgan fingerprint density at radius 3 is 2.52 bits per heavy atom.